The summed E-state index contributed by atoms with van der Waals surface area (Å²) >= 11 is 1.96. The summed E-state index contributed by atoms with van der Waals surface area (Å²) in [6, 6.07) is 2.30. The van der Waals surface area contributed by atoms with Crippen molar-refractivity contribution in [3.05, 3.63) is 23.7 Å². The summed E-state index contributed by atoms with van der Waals surface area (Å²) in [5.74, 6) is 0.432. The van der Waals surface area contributed by atoms with E-state index in [0.29, 0.717) is 18.2 Å². The fraction of sp³-hybridized carbons (Fsp3) is 0.643. The van der Waals surface area contributed by atoms with E-state index in [1.807, 2.05) is 11.8 Å². The van der Waals surface area contributed by atoms with Gasteiger partial charge in [0.05, 0.1) is 19.2 Å². The third-order valence-electron chi connectivity index (χ3n) is 3.60. The van der Waals surface area contributed by atoms with Gasteiger partial charge in [-0.15, -0.1) is 0 Å². The third kappa shape index (κ3) is 4.01. The summed E-state index contributed by atoms with van der Waals surface area (Å²) in [4.78, 5) is 11.3. The predicted molar refractivity (Wildman–Crippen MR) is 76.4 cm³/mol. The Kier molecular flexibility index (Phi) is 5.34. The van der Waals surface area contributed by atoms with E-state index in [4.69, 9.17) is 4.42 Å². The Morgan fingerprint density at radius 1 is 1.58 bits per heavy atom. The Hall–Kier alpha value is -0.940. The Morgan fingerprint density at radius 2 is 2.42 bits per heavy atom. The van der Waals surface area contributed by atoms with Crippen LogP contribution in [-0.2, 0) is 11.3 Å². The van der Waals surface area contributed by atoms with E-state index in [1.54, 1.807) is 6.07 Å². The molecule has 0 aliphatic heterocycles. The zero-order valence-corrected chi connectivity index (χ0v) is 12.3. The molecule has 0 aromatic carbocycles. The van der Waals surface area contributed by atoms with Crippen LogP contribution >= 0.6 is 11.8 Å². The van der Waals surface area contributed by atoms with Crippen LogP contribution in [-0.4, -0.2) is 30.6 Å². The van der Waals surface area contributed by atoms with E-state index in [0.717, 1.165) is 11.0 Å². The first-order valence-electron chi connectivity index (χ1n) is 6.65. The van der Waals surface area contributed by atoms with Gasteiger partial charge in [0.15, 0.2) is 0 Å². The van der Waals surface area contributed by atoms with Gasteiger partial charge in [-0.1, -0.05) is 6.42 Å². The SMILES string of the molecule is COC(=O)c1coc(CNC2CCCC(SC)C2)c1. The summed E-state index contributed by atoms with van der Waals surface area (Å²) < 4.78 is 10.0. The number of ether oxygens (including phenoxy) is 1. The Labute approximate surface area is 118 Å². The molecule has 1 fully saturated rings. The lowest BCUT2D eigenvalue weighted by Gasteiger charge is -2.28. The minimum Gasteiger partial charge on any atom is -0.467 e. The first-order chi connectivity index (χ1) is 9.22. The lowest BCUT2D eigenvalue weighted by Crippen LogP contribution is -2.34. The second-order valence-electron chi connectivity index (χ2n) is 4.90. The van der Waals surface area contributed by atoms with Crippen molar-refractivity contribution in [3.63, 3.8) is 0 Å². The van der Waals surface area contributed by atoms with Crippen molar-refractivity contribution < 1.29 is 13.9 Å². The molecule has 0 radical (unpaired) electrons. The highest BCUT2D eigenvalue weighted by Crippen LogP contribution is 2.27. The molecule has 1 aliphatic rings. The lowest BCUT2D eigenvalue weighted by molar-refractivity contribution is 0.0600. The highest BCUT2D eigenvalue weighted by molar-refractivity contribution is 7.99. The van der Waals surface area contributed by atoms with Gasteiger partial charge in [0, 0.05) is 11.3 Å². The Bertz CT molecular complexity index is 419. The number of rotatable bonds is 5. The molecular formula is C14H21NO3S. The number of hydrogen-bond acceptors (Lipinski definition) is 5. The summed E-state index contributed by atoms with van der Waals surface area (Å²) in [6.07, 6.45) is 8.69. The molecule has 0 saturated heterocycles. The van der Waals surface area contributed by atoms with Gasteiger partial charge in [0.25, 0.3) is 0 Å². The Balaban J connectivity index is 1.81. The second-order valence-corrected chi connectivity index (χ2v) is 6.03. The van der Waals surface area contributed by atoms with Gasteiger partial charge in [-0.05, 0) is 31.6 Å². The maximum absolute atomic E-state index is 11.3. The Morgan fingerprint density at radius 3 is 3.16 bits per heavy atom. The van der Waals surface area contributed by atoms with Crippen molar-refractivity contribution in [3.8, 4) is 0 Å². The summed E-state index contributed by atoms with van der Waals surface area (Å²) in [5.41, 5.74) is 0.477. The molecule has 1 aromatic heterocycles. The van der Waals surface area contributed by atoms with Gasteiger partial charge in [0.2, 0.25) is 0 Å². The van der Waals surface area contributed by atoms with Gasteiger partial charge in [-0.25, -0.2) is 4.79 Å². The molecular weight excluding hydrogens is 262 g/mol. The molecule has 1 saturated carbocycles. The van der Waals surface area contributed by atoms with Gasteiger partial charge in [-0.3, -0.25) is 0 Å². The average molecular weight is 283 g/mol. The summed E-state index contributed by atoms with van der Waals surface area (Å²) in [6.45, 7) is 0.669. The average Bonchev–Trinajstić information content (AvgIpc) is 2.93. The van der Waals surface area contributed by atoms with Crippen LogP contribution in [0.4, 0.5) is 0 Å². The topological polar surface area (TPSA) is 51.5 Å². The van der Waals surface area contributed by atoms with Crippen molar-refractivity contribution in [2.75, 3.05) is 13.4 Å². The van der Waals surface area contributed by atoms with Crippen molar-refractivity contribution in [2.24, 2.45) is 0 Å². The molecule has 2 atom stereocenters. The van der Waals surface area contributed by atoms with Gasteiger partial charge < -0.3 is 14.5 Å². The fourth-order valence-corrected chi connectivity index (χ4v) is 3.31. The first kappa shape index (κ1) is 14.5. The normalized spacial score (nSPS) is 23.3. The van der Waals surface area contributed by atoms with E-state index in [-0.39, 0.29) is 5.97 Å². The summed E-state index contributed by atoms with van der Waals surface area (Å²) in [7, 11) is 1.37. The number of thioether (sulfide) groups is 1. The molecule has 1 heterocycles. The zero-order chi connectivity index (χ0) is 13.7. The smallest absolute Gasteiger partial charge is 0.341 e. The molecule has 19 heavy (non-hydrogen) atoms. The quantitative estimate of drug-likeness (QED) is 0.842. The molecule has 106 valence electrons. The van der Waals surface area contributed by atoms with Crippen LogP contribution in [0, 0.1) is 0 Å². The highest BCUT2D eigenvalue weighted by Gasteiger charge is 2.21. The monoisotopic (exact) mass is 283 g/mol. The molecule has 1 aliphatic carbocycles. The molecule has 1 aromatic rings. The van der Waals surface area contributed by atoms with Crippen molar-refractivity contribution in [2.45, 2.75) is 43.5 Å². The van der Waals surface area contributed by atoms with Gasteiger partial charge >= 0.3 is 5.97 Å². The number of carbonyl (C=O) groups is 1. The molecule has 1 N–H and O–H groups in total. The zero-order valence-electron chi connectivity index (χ0n) is 11.5. The number of carbonyl (C=O) groups excluding carboxylic acids is 1. The van der Waals surface area contributed by atoms with Crippen LogP contribution in [0.1, 0.15) is 41.8 Å². The van der Waals surface area contributed by atoms with Crippen LogP contribution in [0.25, 0.3) is 0 Å². The van der Waals surface area contributed by atoms with Crippen LogP contribution in [0.3, 0.4) is 0 Å². The number of esters is 1. The standard InChI is InChI=1S/C14H21NO3S/c1-17-14(16)10-6-12(18-9-10)8-15-11-4-3-5-13(7-11)19-2/h6,9,11,13,15H,3-5,7-8H2,1-2H3. The minimum absolute atomic E-state index is 0.352. The van der Waals surface area contributed by atoms with Crippen LogP contribution < -0.4 is 5.32 Å². The van der Waals surface area contributed by atoms with Crippen molar-refractivity contribution in [1.82, 2.24) is 5.32 Å². The largest absolute Gasteiger partial charge is 0.467 e. The van der Waals surface area contributed by atoms with E-state index in [9.17, 15) is 4.79 Å². The number of methoxy groups -OCH3 is 1. The van der Waals surface area contributed by atoms with Crippen molar-refractivity contribution >= 4 is 17.7 Å². The number of nitrogens with one attached hydrogen (secondary N) is 1. The molecule has 4 nitrogen and oxygen atoms in total. The fourth-order valence-electron chi connectivity index (χ4n) is 2.49. The molecule has 0 amide bonds. The van der Waals surface area contributed by atoms with Gasteiger partial charge in [0.1, 0.15) is 12.0 Å². The van der Waals surface area contributed by atoms with Gasteiger partial charge in [-0.2, -0.15) is 11.8 Å². The molecule has 2 unspecified atom stereocenters. The maximum Gasteiger partial charge on any atom is 0.341 e. The predicted octanol–water partition coefficient (Wildman–Crippen LogP) is 2.83. The highest BCUT2D eigenvalue weighted by atomic mass is 32.2. The second kappa shape index (κ2) is 7.01. The van der Waals surface area contributed by atoms with Crippen LogP contribution in [0.5, 0.6) is 0 Å². The molecule has 5 heteroatoms. The number of furan rings is 1. The first-order valence-corrected chi connectivity index (χ1v) is 7.93. The van der Waals surface area contributed by atoms with E-state index in [2.05, 4.69) is 16.3 Å². The van der Waals surface area contributed by atoms with Crippen molar-refractivity contribution in [1.29, 1.82) is 0 Å². The number of hydrogen-bond donors (Lipinski definition) is 1. The van der Waals surface area contributed by atoms with E-state index >= 15 is 0 Å². The molecule has 0 spiro atoms. The van der Waals surface area contributed by atoms with E-state index < -0.39 is 0 Å². The summed E-state index contributed by atoms with van der Waals surface area (Å²) in [5, 5.41) is 4.28. The van der Waals surface area contributed by atoms with Crippen LogP contribution in [0.15, 0.2) is 16.7 Å². The minimum atomic E-state index is -0.352. The molecule has 2 rings (SSSR count). The maximum atomic E-state index is 11.3. The lowest BCUT2D eigenvalue weighted by atomic mass is 9.95. The van der Waals surface area contributed by atoms with E-state index in [1.165, 1.54) is 39.1 Å². The molecule has 0 bridgehead atoms. The van der Waals surface area contributed by atoms with Crippen LogP contribution in [0.2, 0.25) is 0 Å². The third-order valence-corrected chi connectivity index (χ3v) is 4.69.